The second-order valence-electron chi connectivity index (χ2n) is 7.20. The molecule has 0 saturated carbocycles. The van der Waals surface area contributed by atoms with E-state index in [1.807, 2.05) is 48.5 Å². The van der Waals surface area contributed by atoms with Crippen molar-refractivity contribution in [3.63, 3.8) is 0 Å². The zero-order valence-electron chi connectivity index (χ0n) is 15.4. The van der Waals surface area contributed by atoms with Crippen LogP contribution in [0.3, 0.4) is 0 Å². The Hall–Kier alpha value is -1.48. The van der Waals surface area contributed by atoms with Gasteiger partial charge in [0.2, 0.25) is 5.91 Å². The zero-order chi connectivity index (χ0) is 19.7. The molecule has 0 aliphatic carbocycles. The lowest BCUT2D eigenvalue weighted by molar-refractivity contribution is -0.123. The normalized spacial score (nSPS) is 21.5. The molecule has 2 saturated heterocycles. The van der Waals surface area contributed by atoms with E-state index >= 15 is 0 Å². The molecule has 2 amide bonds. The molecule has 1 unspecified atom stereocenters. The lowest BCUT2D eigenvalue weighted by atomic mass is 10.1. The van der Waals surface area contributed by atoms with Crippen LogP contribution in [0.15, 0.2) is 48.5 Å². The van der Waals surface area contributed by atoms with Gasteiger partial charge >= 0.3 is 0 Å². The molecule has 0 bridgehead atoms. The molecule has 2 heterocycles. The predicted molar refractivity (Wildman–Crippen MR) is 118 cm³/mol. The lowest BCUT2D eigenvalue weighted by Crippen LogP contribution is -2.52. The van der Waals surface area contributed by atoms with Gasteiger partial charge in [-0.05, 0) is 64.6 Å². The fraction of sp³-hybridized carbons (Fsp3) is 0.333. The molecule has 0 radical (unpaired) electrons. The van der Waals surface area contributed by atoms with Crippen molar-refractivity contribution in [1.82, 2.24) is 9.80 Å². The van der Waals surface area contributed by atoms with Gasteiger partial charge in [0, 0.05) is 41.3 Å². The van der Waals surface area contributed by atoms with Crippen LogP contribution in [0, 0.1) is 3.57 Å². The SMILES string of the molecule is O=C1CC(N2CCN(Cc3ccc(Cl)cc3)CC2)C(=O)N1c1ccc(I)cc1. The van der Waals surface area contributed by atoms with E-state index in [1.165, 1.54) is 10.5 Å². The van der Waals surface area contributed by atoms with Gasteiger partial charge in [0.15, 0.2) is 0 Å². The van der Waals surface area contributed by atoms with Gasteiger partial charge in [-0.25, -0.2) is 4.90 Å². The number of piperazine rings is 1. The van der Waals surface area contributed by atoms with Gasteiger partial charge in [-0.15, -0.1) is 0 Å². The summed E-state index contributed by atoms with van der Waals surface area (Å²) in [5, 5.41) is 0.746. The minimum Gasteiger partial charge on any atom is -0.297 e. The summed E-state index contributed by atoms with van der Waals surface area (Å²) in [5.74, 6) is -0.211. The smallest absolute Gasteiger partial charge is 0.251 e. The molecule has 2 aliphatic rings. The molecule has 0 spiro atoms. The molecule has 7 heteroatoms. The summed E-state index contributed by atoms with van der Waals surface area (Å²) in [6, 6.07) is 15.1. The second kappa shape index (κ2) is 8.49. The van der Waals surface area contributed by atoms with E-state index in [-0.39, 0.29) is 24.3 Å². The maximum atomic E-state index is 12.9. The maximum Gasteiger partial charge on any atom is 0.251 e. The first-order chi connectivity index (χ1) is 13.5. The summed E-state index contributed by atoms with van der Waals surface area (Å²) in [4.78, 5) is 31.3. The highest BCUT2D eigenvalue weighted by molar-refractivity contribution is 14.1. The number of rotatable bonds is 4. The summed E-state index contributed by atoms with van der Waals surface area (Å²) in [5.41, 5.74) is 1.90. The Kier molecular flexibility index (Phi) is 6.01. The van der Waals surface area contributed by atoms with E-state index in [0.717, 1.165) is 41.3 Å². The number of anilines is 1. The van der Waals surface area contributed by atoms with Crippen LogP contribution >= 0.6 is 34.2 Å². The van der Waals surface area contributed by atoms with Crippen LogP contribution in [-0.2, 0) is 16.1 Å². The molecule has 0 N–H and O–H groups in total. The first-order valence-corrected chi connectivity index (χ1v) is 10.8. The Morgan fingerprint density at radius 3 is 2.21 bits per heavy atom. The van der Waals surface area contributed by atoms with E-state index in [9.17, 15) is 9.59 Å². The molecule has 2 aromatic carbocycles. The second-order valence-corrected chi connectivity index (χ2v) is 8.88. The molecule has 28 heavy (non-hydrogen) atoms. The largest absolute Gasteiger partial charge is 0.297 e. The molecule has 5 nitrogen and oxygen atoms in total. The van der Waals surface area contributed by atoms with Gasteiger partial charge in [0.05, 0.1) is 18.2 Å². The van der Waals surface area contributed by atoms with E-state index in [0.29, 0.717) is 5.69 Å². The Morgan fingerprint density at radius 2 is 1.57 bits per heavy atom. The van der Waals surface area contributed by atoms with Crippen LogP contribution < -0.4 is 4.90 Å². The van der Waals surface area contributed by atoms with Crippen molar-refractivity contribution < 1.29 is 9.59 Å². The van der Waals surface area contributed by atoms with Gasteiger partial charge in [0.25, 0.3) is 5.91 Å². The van der Waals surface area contributed by atoms with Gasteiger partial charge in [0.1, 0.15) is 0 Å². The van der Waals surface area contributed by atoms with Crippen molar-refractivity contribution in [3.05, 3.63) is 62.7 Å². The number of nitrogens with zero attached hydrogens (tertiary/aromatic N) is 3. The van der Waals surface area contributed by atoms with Crippen LogP contribution in [0.25, 0.3) is 0 Å². The van der Waals surface area contributed by atoms with Gasteiger partial charge < -0.3 is 0 Å². The van der Waals surface area contributed by atoms with Crippen molar-refractivity contribution in [2.45, 2.75) is 19.0 Å². The van der Waals surface area contributed by atoms with Crippen molar-refractivity contribution in [2.24, 2.45) is 0 Å². The fourth-order valence-electron chi connectivity index (χ4n) is 3.84. The minimum atomic E-state index is -0.343. The maximum absolute atomic E-state index is 12.9. The topological polar surface area (TPSA) is 43.9 Å². The Balaban J connectivity index is 1.37. The fourth-order valence-corrected chi connectivity index (χ4v) is 4.33. The van der Waals surface area contributed by atoms with E-state index in [2.05, 4.69) is 32.4 Å². The van der Waals surface area contributed by atoms with Crippen molar-refractivity contribution in [1.29, 1.82) is 0 Å². The first kappa shape index (κ1) is 19.8. The number of halogens is 2. The number of hydrogen-bond acceptors (Lipinski definition) is 4. The third-order valence-corrected chi connectivity index (χ3v) is 6.35. The van der Waals surface area contributed by atoms with Crippen molar-refractivity contribution in [2.75, 3.05) is 31.1 Å². The van der Waals surface area contributed by atoms with Crippen molar-refractivity contribution in [3.8, 4) is 0 Å². The van der Waals surface area contributed by atoms with E-state index < -0.39 is 0 Å². The highest BCUT2D eigenvalue weighted by atomic mass is 127. The van der Waals surface area contributed by atoms with E-state index in [4.69, 9.17) is 11.6 Å². The average molecular weight is 510 g/mol. The first-order valence-electron chi connectivity index (χ1n) is 9.34. The van der Waals surface area contributed by atoms with Crippen LogP contribution in [0.4, 0.5) is 5.69 Å². The summed E-state index contributed by atoms with van der Waals surface area (Å²) < 4.78 is 1.08. The number of carbonyl (C=O) groups excluding carboxylic acids is 2. The average Bonchev–Trinajstić information content (AvgIpc) is 2.99. The van der Waals surface area contributed by atoms with Crippen LogP contribution in [0.2, 0.25) is 5.02 Å². The van der Waals surface area contributed by atoms with Gasteiger partial charge in [-0.3, -0.25) is 19.4 Å². The zero-order valence-corrected chi connectivity index (χ0v) is 18.3. The summed E-state index contributed by atoms with van der Waals surface area (Å²) in [6.45, 7) is 4.21. The highest BCUT2D eigenvalue weighted by Crippen LogP contribution is 2.27. The highest BCUT2D eigenvalue weighted by Gasteiger charge is 2.43. The Bertz CT molecular complexity index is 864. The number of benzene rings is 2. The molecule has 1 atom stereocenters. The Labute approximate surface area is 183 Å². The Morgan fingerprint density at radius 1 is 0.929 bits per heavy atom. The third kappa shape index (κ3) is 4.25. The van der Waals surface area contributed by atoms with E-state index in [1.54, 1.807) is 0 Å². The monoisotopic (exact) mass is 509 g/mol. The summed E-state index contributed by atoms with van der Waals surface area (Å²) in [7, 11) is 0. The molecule has 2 fully saturated rings. The summed E-state index contributed by atoms with van der Waals surface area (Å²) >= 11 is 8.16. The van der Waals surface area contributed by atoms with Gasteiger partial charge in [-0.2, -0.15) is 0 Å². The van der Waals surface area contributed by atoms with Crippen LogP contribution in [0.5, 0.6) is 0 Å². The van der Waals surface area contributed by atoms with Crippen LogP contribution in [0.1, 0.15) is 12.0 Å². The molecule has 2 aromatic rings. The standard InChI is InChI=1S/C21H21ClIN3O2/c22-16-3-1-15(2-4-16)14-24-9-11-25(12-10-24)19-13-20(27)26(21(19)28)18-7-5-17(23)6-8-18/h1-8,19H,9-14H2. The molecule has 146 valence electrons. The summed E-state index contributed by atoms with van der Waals surface area (Å²) in [6.07, 6.45) is 0.266. The molecule has 2 aliphatic heterocycles. The number of carbonyl (C=O) groups is 2. The number of imide groups is 1. The molecule has 0 aromatic heterocycles. The molecular weight excluding hydrogens is 489 g/mol. The third-order valence-electron chi connectivity index (χ3n) is 5.37. The minimum absolute atomic E-state index is 0.0997. The number of amides is 2. The molecular formula is C21H21ClIN3O2. The molecule has 4 rings (SSSR count). The predicted octanol–water partition coefficient (Wildman–Crippen LogP) is 3.39. The quantitative estimate of drug-likeness (QED) is 0.468. The van der Waals surface area contributed by atoms with Crippen LogP contribution in [-0.4, -0.2) is 53.8 Å². The van der Waals surface area contributed by atoms with Gasteiger partial charge in [-0.1, -0.05) is 23.7 Å². The van der Waals surface area contributed by atoms with Crippen molar-refractivity contribution >= 4 is 51.7 Å². The lowest BCUT2D eigenvalue weighted by Gasteiger charge is -2.37. The number of hydrogen-bond donors (Lipinski definition) is 0.